The Morgan fingerprint density at radius 2 is 1.78 bits per heavy atom. The zero-order chi connectivity index (χ0) is 18.6. The summed E-state index contributed by atoms with van der Waals surface area (Å²) in [7, 11) is 0. The molecule has 3 heterocycles. The molecular formula is C20H18FN5O. The fraction of sp³-hybridized carbons (Fsp3) is 0.150. The number of H-pyrrole nitrogens is 1. The summed E-state index contributed by atoms with van der Waals surface area (Å²) in [5, 5.41) is 12.1. The van der Waals surface area contributed by atoms with Gasteiger partial charge >= 0.3 is 0 Å². The summed E-state index contributed by atoms with van der Waals surface area (Å²) >= 11 is 0. The Morgan fingerprint density at radius 3 is 2.59 bits per heavy atom. The van der Waals surface area contributed by atoms with Gasteiger partial charge < -0.3 is 15.4 Å². The van der Waals surface area contributed by atoms with E-state index in [9.17, 15) is 4.39 Å². The number of aliphatic hydroxyl groups excluding tert-OH is 1. The third-order valence-electron chi connectivity index (χ3n) is 4.25. The van der Waals surface area contributed by atoms with Crippen LogP contribution in [0.5, 0.6) is 0 Å². The largest absolute Gasteiger partial charge is 0.396 e. The number of hydrogen-bond donors (Lipinski definition) is 3. The minimum absolute atomic E-state index is 0.126. The van der Waals surface area contributed by atoms with Crippen molar-refractivity contribution in [3.63, 3.8) is 0 Å². The molecule has 4 rings (SSSR count). The van der Waals surface area contributed by atoms with Crippen molar-refractivity contribution in [3.05, 3.63) is 60.8 Å². The molecule has 136 valence electrons. The number of aliphatic hydroxyl groups is 1. The first-order valence-corrected chi connectivity index (χ1v) is 8.66. The first-order valence-electron chi connectivity index (χ1n) is 8.66. The van der Waals surface area contributed by atoms with Gasteiger partial charge in [0.1, 0.15) is 17.2 Å². The van der Waals surface area contributed by atoms with Crippen molar-refractivity contribution in [2.75, 3.05) is 18.5 Å². The Labute approximate surface area is 155 Å². The lowest BCUT2D eigenvalue weighted by molar-refractivity contribution is 0.292. The van der Waals surface area contributed by atoms with Crippen molar-refractivity contribution in [1.29, 1.82) is 0 Å². The molecule has 7 heteroatoms. The van der Waals surface area contributed by atoms with Crippen LogP contribution < -0.4 is 5.32 Å². The maximum atomic E-state index is 13.4. The number of aromatic nitrogens is 4. The third-order valence-corrected chi connectivity index (χ3v) is 4.25. The molecule has 0 aliphatic heterocycles. The van der Waals surface area contributed by atoms with Gasteiger partial charge in [0.15, 0.2) is 5.65 Å². The van der Waals surface area contributed by atoms with Crippen LogP contribution in [0.2, 0.25) is 0 Å². The second kappa shape index (κ2) is 7.51. The molecule has 0 aliphatic rings. The lowest BCUT2D eigenvalue weighted by Gasteiger charge is -2.08. The SMILES string of the molecule is OCCCNc1cc(-c2[nH]c3nccnc3c2-c2ccc(F)cc2)ccn1. The van der Waals surface area contributed by atoms with Crippen molar-refractivity contribution in [1.82, 2.24) is 19.9 Å². The van der Waals surface area contributed by atoms with E-state index in [2.05, 4.69) is 25.3 Å². The van der Waals surface area contributed by atoms with Gasteiger partial charge in [-0.15, -0.1) is 0 Å². The van der Waals surface area contributed by atoms with Crippen LogP contribution >= 0.6 is 0 Å². The van der Waals surface area contributed by atoms with E-state index in [1.807, 2.05) is 12.1 Å². The van der Waals surface area contributed by atoms with E-state index in [1.54, 1.807) is 30.7 Å². The fourth-order valence-corrected chi connectivity index (χ4v) is 3.00. The summed E-state index contributed by atoms with van der Waals surface area (Å²) in [4.78, 5) is 16.5. The highest BCUT2D eigenvalue weighted by atomic mass is 19.1. The smallest absolute Gasteiger partial charge is 0.157 e. The number of aromatic amines is 1. The number of nitrogens with one attached hydrogen (secondary N) is 2. The van der Waals surface area contributed by atoms with Gasteiger partial charge in [0.05, 0.1) is 5.69 Å². The summed E-state index contributed by atoms with van der Waals surface area (Å²) in [6.45, 7) is 0.758. The van der Waals surface area contributed by atoms with Crippen LogP contribution in [0.3, 0.4) is 0 Å². The van der Waals surface area contributed by atoms with E-state index in [-0.39, 0.29) is 12.4 Å². The van der Waals surface area contributed by atoms with Gasteiger partial charge in [-0.1, -0.05) is 12.1 Å². The Hall–Kier alpha value is -3.32. The number of anilines is 1. The Morgan fingerprint density at radius 1 is 0.963 bits per heavy atom. The van der Waals surface area contributed by atoms with Crippen LogP contribution in [0.1, 0.15) is 6.42 Å². The van der Waals surface area contributed by atoms with E-state index in [0.717, 1.165) is 27.9 Å². The molecule has 0 unspecified atom stereocenters. The molecule has 3 aromatic heterocycles. The molecule has 1 aromatic carbocycles. The molecule has 0 bridgehead atoms. The summed E-state index contributed by atoms with van der Waals surface area (Å²) in [5.41, 5.74) is 4.87. The summed E-state index contributed by atoms with van der Waals surface area (Å²) in [6, 6.07) is 10.2. The van der Waals surface area contributed by atoms with E-state index in [4.69, 9.17) is 5.11 Å². The van der Waals surface area contributed by atoms with Gasteiger partial charge in [0, 0.05) is 42.9 Å². The highest BCUT2D eigenvalue weighted by Crippen LogP contribution is 2.37. The molecule has 0 aliphatic carbocycles. The molecule has 0 amide bonds. The molecule has 0 atom stereocenters. The number of hydrogen-bond acceptors (Lipinski definition) is 5. The second-order valence-corrected chi connectivity index (χ2v) is 6.07. The number of pyridine rings is 1. The van der Waals surface area contributed by atoms with Crippen LogP contribution in [-0.2, 0) is 0 Å². The van der Waals surface area contributed by atoms with Gasteiger partial charge in [0.25, 0.3) is 0 Å². The van der Waals surface area contributed by atoms with E-state index >= 15 is 0 Å². The average molecular weight is 363 g/mol. The predicted octanol–water partition coefficient (Wildman–Crippen LogP) is 3.62. The molecule has 4 aromatic rings. The van der Waals surface area contributed by atoms with Crippen LogP contribution in [0.4, 0.5) is 10.2 Å². The first-order chi connectivity index (χ1) is 13.3. The maximum Gasteiger partial charge on any atom is 0.157 e. The van der Waals surface area contributed by atoms with Gasteiger partial charge in [0.2, 0.25) is 0 Å². The Kier molecular flexibility index (Phi) is 4.76. The van der Waals surface area contributed by atoms with Gasteiger partial charge in [-0.3, -0.25) is 4.98 Å². The third kappa shape index (κ3) is 3.50. The lowest BCUT2D eigenvalue weighted by atomic mass is 10.0. The summed E-state index contributed by atoms with van der Waals surface area (Å²) in [5.74, 6) is 0.427. The highest BCUT2D eigenvalue weighted by molar-refractivity contribution is 6.00. The fourth-order valence-electron chi connectivity index (χ4n) is 3.00. The minimum atomic E-state index is -0.287. The topological polar surface area (TPSA) is 86.7 Å². The number of nitrogens with zero attached hydrogens (tertiary/aromatic N) is 3. The van der Waals surface area contributed by atoms with E-state index < -0.39 is 0 Å². The average Bonchev–Trinajstić information content (AvgIpc) is 3.09. The zero-order valence-corrected chi connectivity index (χ0v) is 14.5. The molecule has 0 fully saturated rings. The normalized spacial score (nSPS) is 11.0. The monoisotopic (exact) mass is 363 g/mol. The Balaban J connectivity index is 1.83. The van der Waals surface area contributed by atoms with Crippen molar-refractivity contribution in [3.8, 4) is 22.4 Å². The van der Waals surface area contributed by atoms with Crippen molar-refractivity contribution in [2.24, 2.45) is 0 Å². The van der Waals surface area contributed by atoms with Gasteiger partial charge in [-0.25, -0.2) is 14.4 Å². The molecule has 0 saturated carbocycles. The molecule has 6 nitrogen and oxygen atoms in total. The number of halogens is 1. The predicted molar refractivity (Wildman–Crippen MR) is 103 cm³/mol. The van der Waals surface area contributed by atoms with Crippen LogP contribution in [0, 0.1) is 5.82 Å². The van der Waals surface area contributed by atoms with Crippen LogP contribution in [0.25, 0.3) is 33.5 Å². The molecular weight excluding hydrogens is 345 g/mol. The van der Waals surface area contributed by atoms with Gasteiger partial charge in [-0.2, -0.15) is 0 Å². The number of fused-ring (bicyclic) bond motifs is 1. The Bertz CT molecular complexity index is 1060. The van der Waals surface area contributed by atoms with Gasteiger partial charge in [-0.05, 0) is 36.2 Å². The van der Waals surface area contributed by atoms with Crippen molar-refractivity contribution >= 4 is 17.0 Å². The maximum absolute atomic E-state index is 13.4. The standard InChI is InChI=1S/C20H18FN5O/c21-15-4-2-13(3-5-15)17-18(26-20-19(17)24-9-10-25-20)14-6-8-23-16(12-14)22-7-1-11-27/h2-6,8-10,12,27H,1,7,11H2,(H,22,23)(H,25,26). The van der Waals surface area contributed by atoms with E-state index in [1.165, 1.54) is 12.1 Å². The molecule has 0 radical (unpaired) electrons. The molecule has 27 heavy (non-hydrogen) atoms. The summed E-state index contributed by atoms with van der Waals surface area (Å²) < 4.78 is 13.4. The molecule has 3 N–H and O–H groups in total. The quantitative estimate of drug-likeness (QED) is 0.456. The van der Waals surface area contributed by atoms with Crippen molar-refractivity contribution in [2.45, 2.75) is 6.42 Å². The van der Waals surface area contributed by atoms with Crippen LogP contribution in [0.15, 0.2) is 55.0 Å². The summed E-state index contributed by atoms with van der Waals surface area (Å²) in [6.07, 6.45) is 5.64. The number of benzene rings is 1. The van der Waals surface area contributed by atoms with E-state index in [0.29, 0.717) is 24.4 Å². The second-order valence-electron chi connectivity index (χ2n) is 6.07. The van der Waals surface area contributed by atoms with Crippen molar-refractivity contribution < 1.29 is 9.50 Å². The molecule has 0 spiro atoms. The highest BCUT2D eigenvalue weighted by Gasteiger charge is 2.17. The van der Waals surface area contributed by atoms with Crippen LogP contribution in [-0.4, -0.2) is 38.2 Å². The lowest BCUT2D eigenvalue weighted by Crippen LogP contribution is -2.04. The minimum Gasteiger partial charge on any atom is -0.396 e. The zero-order valence-electron chi connectivity index (χ0n) is 14.5. The first kappa shape index (κ1) is 17.1. The molecule has 0 saturated heterocycles. The number of rotatable bonds is 6.